The van der Waals surface area contributed by atoms with Crippen LogP contribution in [0.2, 0.25) is 0 Å². The van der Waals surface area contributed by atoms with E-state index in [4.69, 9.17) is 4.74 Å². The minimum Gasteiger partial charge on any atom is -0.378 e. The van der Waals surface area contributed by atoms with E-state index in [9.17, 15) is 13.2 Å². The fourth-order valence-corrected chi connectivity index (χ4v) is 4.97. The van der Waals surface area contributed by atoms with Crippen LogP contribution in [0.15, 0.2) is 0 Å². The second kappa shape index (κ2) is 7.83. The second-order valence-corrected chi connectivity index (χ2v) is 9.41. The van der Waals surface area contributed by atoms with Crippen molar-refractivity contribution in [1.29, 1.82) is 0 Å². The molecule has 2 fully saturated rings. The molecule has 2 amide bonds. The molecule has 1 unspecified atom stereocenters. The highest BCUT2D eigenvalue weighted by Gasteiger charge is 2.29. The molecule has 0 aromatic rings. The molecule has 2 rings (SSSR count). The summed E-state index contributed by atoms with van der Waals surface area (Å²) in [6.07, 6.45) is 5.12. The Bertz CT molecular complexity index is 494. The van der Waals surface area contributed by atoms with Gasteiger partial charge in [-0.25, -0.2) is 13.2 Å². The number of sulfone groups is 1. The Morgan fingerprint density at radius 3 is 2.61 bits per heavy atom. The van der Waals surface area contributed by atoms with Gasteiger partial charge in [0.1, 0.15) is 9.84 Å². The number of likely N-dealkylation sites (tertiary alicyclic amines) is 1. The van der Waals surface area contributed by atoms with Crippen LogP contribution in [0, 0.1) is 5.92 Å². The van der Waals surface area contributed by atoms with Crippen LogP contribution >= 0.6 is 0 Å². The number of amides is 2. The third kappa shape index (κ3) is 5.64. The van der Waals surface area contributed by atoms with Crippen LogP contribution in [0.5, 0.6) is 0 Å². The van der Waals surface area contributed by atoms with Gasteiger partial charge in [-0.15, -0.1) is 0 Å². The Morgan fingerprint density at radius 1 is 1.26 bits per heavy atom. The van der Waals surface area contributed by atoms with Gasteiger partial charge < -0.3 is 15.0 Å². The number of rotatable bonds is 4. The zero-order valence-electron chi connectivity index (χ0n) is 14.3. The monoisotopic (exact) mass is 346 g/mol. The summed E-state index contributed by atoms with van der Waals surface area (Å²) in [5, 5.41) is 2.99. The molecule has 0 bridgehead atoms. The lowest BCUT2D eigenvalue weighted by atomic mass is 9.97. The van der Waals surface area contributed by atoms with Gasteiger partial charge in [0.25, 0.3) is 0 Å². The van der Waals surface area contributed by atoms with E-state index in [1.54, 1.807) is 7.11 Å². The van der Waals surface area contributed by atoms with Gasteiger partial charge in [-0.2, -0.15) is 0 Å². The highest BCUT2D eigenvalue weighted by Crippen LogP contribution is 2.25. The van der Waals surface area contributed by atoms with Crippen molar-refractivity contribution in [1.82, 2.24) is 10.2 Å². The number of carbonyl (C=O) groups excluding carboxylic acids is 1. The van der Waals surface area contributed by atoms with Crippen LogP contribution in [-0.2, 0) is 14.6 Å². The van der Waals surface area contributed by atoms with Gasteiger partial charge in [0, 0.05) is 26.7 Å². The first-order valence-electron chi connectivity index (χ1n) is 8.62. The van der Waals surface area contributed by atoms with Crippen molar-refractivity contribution < 1.29 is 17.9 Å². The summed E-state index contributed by atoms with van der Waals surface area (Å²) in [7, 11) is -1.06. The molecule has 134 valence electrons. The highest BCUT2D eigenvalue weighted by atomic mass is 32.2. The van der Waals surface area contributed by atoms with Crippen molar-refractivity contribution in [2.24, 2.45) is 5.92 Å². The van der Waals surface area contributed by atoms with E-state index in [1.165, 1.54) is 0 Å². The largest absolute Gasteiger partial charge is 0.378 e. The van der Waals surface area contributed by atoms with E-state index in [-0.39, 0.29) is 11.6 Å². The van der Waals surface area contributed by atoms with Crippen LogP contribution in [0.1, 0.15) is 45.4 Å². The predicted molar refractivity (Wildman–Crippen MR) is 90.2 cm³/mol. The maximum Gasteiger partial charge on any atom is 0.317 e. The fourth-order valence-electron chi connectivity index (χ4n) is 3.38. The van der Waals surface area contributed by atoms with Crippen LogP contribution in [0.3, 0.4) is 0 Å². The number of nitrogens with zero attached hydrogens (tertiary/aromatic N) is 1. The highest BCUT2D eigenvalue weighted by molar-refractivity contribution is 7.91. The number of hydrogen-bond donors (Lipinski definition) is 1. The van der Waals surface area contributed by atoms with Crippen LogP contribution < -0.4 is 5.32 Å². The van der Waals surface area contributed by atoms with Gasteiger partial charge in [-0.05, 0) is 51.4 Å². The molecule has 2 heterocycles. The van der Waals surface area contributed by atoms with Gasteiger partial charge in [0.05, 0.1) is 17.1 Å². The van der Waals surface area contributed by atoms with E-state index in [2.05, 4.69) is 12.2 Å². The van der Waals surface area contributed by atoms with Crippen molar-refractivity contribution in [3.05, 3.63) is 0 Å². The van der Waals surface area contributed by atoms with Crippen LogP contribution in [0.25, 0.3) is 0 Å². The molecular formula is C16H30N2O4S. The van der Waals surface area contributed by atoms with Crippen molar-refractivity contribution >= 4 is 15.9 Å². The molecule has 0 radical (unpaired) electrons. The van der Waals surface area contributed by atoms with Gasteiger partial charge in [0.15, 0.2) is 0 Å². The van der Waals surface area contributed by atoms with Crippen LogP contribution in [-0.4, -0.2) is 63.2 Å². The predicted octanol–water partition coefficient (Wildman–Crippen LogP) is 1.80. The lowest BCUT2D eigenvalue weighted by Gasteiger charge is -2.27. The molecule has 23 heavy (non-hydrogen) atoms. The molecule has 2 saturated heterocycles. The zero-order chi connectivity index (χ0) is 16.9. The average molecular weight is 346 g/mol. The van der Waals surface area contributed by atoms with Crippen molar-refractivity contribution in [3.8, 4) is 0 Å². The van der Waals surface area contributed by atoms with Crippen LogP contribution in [0.4, 0.5) is 4.79 Å². The fraction of sp³-hybridized carbons (Fsp3) is 0.938. The first kappa shape index (κ1) is 18.5. The van der Waals surface area contributed by atoms with Gasteiger partial charge >= 0.3 is 6.03 Å². The smallest absolute Gasteiger partial charge is 0.317 e. The van der Waals surface area contributed by atoms with Gasteiger partial charge in [-0.3, -0.25) is 0 Å². The molecule has 2 aliphatic heterocycles. The molecule has 6 nitrogen and oxygen atoms in total. The summed E-state index contributed by atoms with van der Waals surface area (Å²) in [6, 6.07) is -0.00576. The van der Waals surface area contributed by atoms with E-state index < -0.39 is 9.84 Å². The third-order valence-corrected chi connectivity index (χ3v) is 7.04. The van der Waals surface area contributed by atoms with E-state index >= 15 is 0 Å². The number of hydrogen-bond acceptors (Lipinski definition) is 4. The summed E-state index contributed by atoms with van der Waals surface area (Å²) < 4.78 is 28.4. The number of nitrogens with one attached hydrogen (secondary N) is 1. The molecule has 1 N–H and O–H groups in total. The maximum atomic E-state index is 12.3. The molecule has 0 aliphatic carbocycles. The van der Waals surface area contributed by atoms with Gasteiger partial charge in [-0.1, -0.05) is 0 Å². The first-order chi connectivity index (χ1) is 10.8. The van der Waals surface area contributed by atoms with E-state index in [0.717, 1.165) is 51.6 Å². The zero-order valence-corrected chi connectivity index (χ0v) is 15.2. The summed E-state index contributed by atoms with van der Waals surface area (Å²) in [6.45, 7) is 4.22. The Kier molecular flexibility index (Phi) is 6.31. The standard InChI is InChI=1S/C16H30N2O4S/c1-16(22-2)7-3-10-18(11-8-16)15(19)17-9-4-14-5-12-23(20,21)13-6-14/h14H,3-13H2,1-2H3,(H,17,19). The van der Waals surface area contributed by atoms with Crippen molar-refractivity contribution in [2.75, 3.05) is 38.2 Å². The summed E-state index contributed by atoms with van der Waals surface area (Å²) in [5.74, 6) is 1.01. The molecule has 7 heteroatoms. The first-order valence-corrected chi connectivity index (χ1v) is 10.4. The Morgan fingerprint density at radius 2 is 1.96 bits per heavy atom. The van der Waals surface area contributed by atoms with Gasteiger partial charge in [0.2, 0.25) is 0 Å². The molecular weight excluding hydrogens is 316 g/mol. The second-order valence-electron chi connectivity index (χ2n) is 7.11. The lowest BCUT2D eigenvalue weighted by molar-refractivity contribution is -0.00499. The molecule has 0 aromatic heterocycles. The summed E-state index contributed by atoms with van der Waals surface area (Å²) in [4.78, 5) is 14.1. The topological polar surface area (TPSA) is 75.7 Å². The van der Waals surface area contributed by atoms with Crippen molar-refractivity contribution in [2.45, 2.75) is 51.0 Å². The minimum atomic E-state index is -2.80. The van der Waals surface area contributed by atoms with Crippen molar-refractivity contribution in [3.63, 3.8) is 0 Å². The summed E-state index contributed by atoms with van der Waals surface area (Å²) in [5.41, 5.74) is -0.122. The quantitative estimate of drug-likeness (QED) is 0.842. The third-order valence-electron chi connectivity index (χ3n) is 5.33. The SMILES string of the molecule is COC1(C)CCCN(C(=O)NCCC2CCS(=O)(=O)CC2)CC1. The number of carbonyl (C=O) groups is 1. The Balaban J connectivity index is 1.69. The maximum absolute atomic E-state index is 12.3. The molecule has 1 atom stereocenters. The van der Waals surface area contributed by atoms with E-state index in [0.29, 0.717) is 24.0 Å². The number of methoxy groups -OCH3 is 1. The normalized spacial score (nSPS) is 29.0. The number of ether oxygens (including phenoxy) is 1. The number of urea groups is 1. The Labute approximate surface area is 139 Å². The van der Waals surface area contributed by atoms with E-state index in [1.807, 2.05) is 4.90 Å². The molecule has 0 spiro atoms. The molecule has 0 saturated carbocycles. The molecule has 2 aliphatic rings. The minimum absolute atomic E-state index is 0.00576. The lowest BCUT2D eigenvalue weighted by Crippen LogP contribution is -2.42. The summed E-state index contributed by atoms with van der Waals surface area (Å²) >= 11 is 0. The molecule has 0 aromatic carbocycles. The Hall–Kier alpha value is -0.820. The average Bonchev–Trinajstić information content (AvgIpc) is 2.71.